The maximum absolute atomic E-state index is 11.8. The number of hydrogen-bond donors (Lipinski definition) is 3. The summed E-state index contributed by atoms with van der Waals surface area (Å²) in [4.78, 5) is 16.1. The van der Waals surface area contributed by atoms with Gasteiger partial charge in [0.25, 0.3) is 0 Å². The van der Waals surface area contributed by atoms with Crippen molar-refractivity contribution in [1.82, 2.24) is 16.0 Å². The molecule has 0 bridgehead atoms. The van der Waals surface area contributed by atoms with E-state index in [1.54, 1.807) is 14.2 Å². The largest absolute Gasteiger partial charge is 0.496 e. The van der Waals surface area contributed by atoms with E-state index in [2.05, 4.69) is 27.0 Å². The number of nitrogens with one attached hydrogen (secondary N) is 3. The number of aliphatic imine (C=N–C) groups is 1. The normalized spacial score (nSPS) is 12.4. The average Bonchev–Trinajstić information content (AvgIpc) is 2.60. The maximum atomic E-state index is 11.8. The van der Waals surface area contributed by atoms with Gasteiger partial charge in [0.1, 0.15) is 12.3 Å². The first kappa shape index (κ1) is 20.8. The smallest absolute Gasteiger partial charge is 0.241 e. The molecular formula is C18H30N4O3. The average molecular weight is 350 g/mol. The molecule has 0 aliphatic heterocycles. The van der Waals surface area contributed by atoms with E-state index in [1.165, 1.54) is 0 Å². The van der Waals surface area contributed by atoms with Gasteiger partial charge in [0, 0.05) is 25.8 Å². The van der Waals surface area contributed by atoms with Gasteiger partial charge in [-0.15, -0.1) is 0 Å². The molecule has 7 heteroatoms. The summed E-state index contributed by atoms with van der Waals surface area (Å²) in [7, 11) is 3.25. The highest BCUT2D eigenvalue weighted by atomic mass is 16.5. The van der Waals surface area contributed by atoms with E-state index in [0.29, 0.717) is 25.7 Å². The first-order valence-corrected chi connectivity index (χ1v) is 8.46. The molecule has 0 saturated carbocycles. The van der Waals surface area contributed by atoms with Gasteiger partial charge < -0.3 is 25.4 Å². The lowest BCUT2D eigenvalue weighted by atomic mass is 10.0. The van der Waals surface area contributed by atoms with Crippen molar-refractivity contribution in [2.75, 3.05) is 40.5 Å². The van der Waals surface area contributed by atoms with Gasteiger partial charge in [-0.1, -0.05) is 17.7 Å². The molecule has 0 aliphatic rings. The molecule has 7 nitrogen and oxygen atoms in total. The minimum absolute atomic E-state index is 0.0239. The zero-order valence-electron chi connectivity index (χ0n) is 15.8. The van der Waals surface area contributed by atoms with Gasteiger partial charge in [0.2, 0.25) is 5.91 Å². The lowest BCUT2D eigenvalue weighted by Crippen LogP contribution is -2.40. The summed E-state index contributed by atoms with van der Waals surface area (Å²) >= 11 is 0. The third-order valence-electron chi connectivity index (χ3n) is 3.56. The molecule has 0 saturated heterocycles. The van der Waals surface area contributed by atoms with Crippen LogP contribution in [0.3, 0.4) is 0 Å². The predicted octanol–water partition coefficient (Wildman–Crippen LogP) is 1.38. The van der Waals surface area contributed by atoms with Crippen LogP contribution in [-0.4, -0.2) is 52.3 Å². The molecule has 1 rings (SSSR count). The van der Waals surface area contributed by atoms with Crippen LogP contribution in [0.1, 0.15) is 31.0 Å². The number of hydrogen-bond acceptors (Lipinski definition) is 4. The van der Waals surface area contributed by atoms with E-state index in [4.69, 9.17) is 9.47 Å². The number of benzene rings is 1. The molecule has 0 aliphatic carbocycles. The molecule has 1 atom stereocenters. The van der Waals surface area contributed by atoms with Crippen molar-refractivity contribution in [3.8, 4) is 5.75 Å². The van der Waals surface area contributed by atoms with Crippen LogP contribution in [-0.2, 0) is 9.53 Å². The minimum Gasteiger partial charge on any atom is -0.496 e. The predicted molar refractivity (Wildman–Crippen MR) is 100 cm³/mol. The van der Waals surface area contributed by atoms with Crippen LogP contribution >= 0.6 is 0 Å². The van der Waals surface area contributed by atoms with Crippen LogP contribution in [0.4, 0.5) is 0 Å². The second-order valence-corrected chi connectivity index (χ2v) is 5.65. The van der Waals surface area contributed by atoms with Gasteiger partial charge in [-0.2, -0.15) is 0 Å². The number of carbonyl (C=O) groups excluding carboxylic acids is 1. The van der Waals surface area contributed by atoms with E-state index < -0.39 is 0 Å². The molecule has 1 amide bonds. The molecule has 1 aromatic carbocycles. The molecular weight excluding hydrogens is 320 g/mol. The summed E-state index contributed by atoms with van der Waals surface area (Å²) in [5.41, 5.74) is 2.20. The highest BCUT2D eigenvalue weighted by Crippen LogP contribution is 2.25. The van der Waals surface area contributed by atoms with Crippen LogP contribution in [0, 0.1) is 6.92 Å². The summed E-state index contributed by atoms with van der Waals surface area (Å²) < 4.78 is 10.3. The summed E-state index contributed by atoms with van der Waals surface area (Å²) in [5.74, 6) is 1.26. The molecule has 1 unspecified atom stereocenters. The van der Waals surface area contributed by atoms with Crippen LogP contribution in [0.15, 0.2) is 23.2 Å². The van der Waals surface area contributed by atoms with Crippen LogP contribution in [0.25, 0.3) is 0 Å². The first-order valence-electron chi connectivity index (χ1n) is 8.46. The van der Waals surface area contributed by atoms with Gasteiger partial charge in [0.15, 0.2) is 5.96 Å². The first-order chi connectivity index (χ1) is 12.0. The van der Waals surface area contributed by atoms with Gasteiger partial charge in [-0.3, -0.25) is 4.79 Å². The Labute approximate surface area is 150 Å². The number of rotatable bonds is 9. The van der Waals surface area contributed by atoms with E-state index in [0.717, 1.165) is 16.9 Å². The second-order valence-electron chi connectivity index (χ2n) is 5.65. The fraction of sp³-hybridized carbons (Fsp3) is 0.556. The van der Waals surface area contributed by atoms with E-state index in [1.807, 2.05) is 32.9 Å². The monoisotopic (exact) mass is 350 g/mol. The number of carbonyl (C=O) groups is 1. The number of methoxy groups -OCH3 is 2. The zero-order valence-corrected chi connectivity index (χ0v) is 15.8. The summed E-state index contributed by atoms with van der Waals surface area (Å²) in [6.45, 7) is 7.77. The Bertz CT molecular complexity index is 575. The van der Waals surface area contributed by atoms with Crippen LogP contribution < -0.4 is 20.7 Å². The van der Waals surface area contributed by atoms with E-state index in [9.17, 15) is 4.79 Å². The Balaban J connectivity index is 2.74. The van der Waals surface area contributed by atoms with E-state index in [-0.39, 0.29) is 18.5 Å². The number of aryl methyl sites for hydroxylation is 1. The van der Waals surface area contributed by atoms with Crippen molar-refractivity contribution in [3.05, 3.63) is 29.3 Å². The third-order valence-corrected chi connectivity index (χ3v) is 3.56. The Morgan fingerprint density at radius 3 is 2.68 bits per heavy atom. The topological polar surface area (TPSA) is 84.0 Å². The van der Waals surface area contributed by atoms with Crippen molar-refractivity contribution in [2.45, 2.75) is 26.8 Å². The molecule has 140 valence electrons. The summed E-state index contributed by atoms with van der Waals surface area (Å²) in [5, 5.41) is 9.21. The maximum Gasteiger partial charge on any atom is 0.241 e. The van der Waals surface area contributed by atoms with Crippen molar-refractivity contribution in [1.29, 1.82) is 0 Å². The van der Waals surface area contributed by atoms with Crippen LogP contribution in [0.5, 0.6) is 5.75 Å². The Kier molecular flexibility index (Phi) is 9.39. The molecule has 0 spiro atoms. The molecule has 0 aromatic heterocycles. The van der Waals surface area contributed by atoms with Gasteiger partial charge >= 0.3 is 0 Å². The van der Waals surface area contributed by atoms with Crippen molar-refractivity contribution in [3.63, 3.8) is 0 Å². The molecule has 25 heavy (non-hydrogen) atoms. The zero-order chi connectivity index (χ0) is 18.7. The van der Waals surface area contributed by atoms with Crippen molar-refractivity contribution >= 4 is 11.9 Å². The van der Waals surface area contributed by atoms with Gasteiger partial charge in [0.05, 0.1) is 19.8 Å². The minimum atomic E-state index is -0.143. The lowest BCUT2D eigenvalue weighted by molar-refractivity contribution is -0.119. The number of amides is 1. The third kappa shape index (κ3) is 7.43. The SMILES string of the molecule is CCNC(=NCC(=O)NCCOC)NC(C)c1cc(C)ccc1OC. The molecule has 0 fully saturated rings. The van der Waals surface area contributed by atoms with Crippen molar-refractivity contribution in [2.24, 2.45) is 4.99 Å². The molecule has 1 aromatic rings. The second kappa shape index (κ2) is 11.3. The Morgan fingerprint density at radius 2 is 2.04 bits per heavy atom. The fourth-order valence-corrected chi connectivity index (χ4v) is 2.29. The van der Waals surface area contributed by atoms with Gasteiger partial charge in [-0.25, -0.2) is 4.99 Å². The fourth-order valence-electron chi connectivity index (χ4n) is 2.29. The highest BCUT2D eigenvalue weighted by Gasteiger charge is 2.13. The van der Waals surface area contributed by atoms with Crippen LogP contribution in [0.2, 0.25) is 0 Å². The number of guanidine groups is 1. The number of ether oxygens (including phenoxy) is 2. The molecule has 0 radical (unpaired) electrons. The Hall–Kier alpha value is -2.28. The standard InChI is InChI=1S/C18H30N4O3/c1-6-19-18(21-12-17(23)20-9-10-24-4)22-14(3)15-11-13(2)7-8-16(15)25-5/h7-8,11,14H,6,9-10,12H2,1-5H3,(H,20,23)(H2,19,21,22). The summed E-state index contributed by atoms with van der Waals surface area (Å²) in [6.07, 6.45) is 0. The Morgan fingerprint density at radius 1 is 1.28 bits per heavy atom. The lowest BCUT2D eigenvalue weighted by Gasteiger charge is -2.20. The summed E-state index contributed by atoms with van der Waals surface area (Å²) in [6, 6.07) is 6.02. The van der Waals surface area contributed by atoms with E-state index >= 15 is 0 Å². The number of nitrogens with zero attached hydrogens (tertiary/aromatic N) is 1. The quantitative estimate of drug-likeness (QED) is 0.356. The van der Waals surface area contributed by atoms with Gasteiger partial charge in [-0.05, 0) is 26.8 Å². The molecule has 3 N–H and O–H groups in total. The van der Waals surface area contributed by atoms with Crippen molar-refractivity contribution < 1.29 is 14.3 Å². The highest BCUT2D eigenvalue weighted by molar-refractivity contribution is 5.85. The molecule has 0 heterocycles.